The van der Waals surface area contributed by atoms with Crippen molar-refractivity contribution in [1.82, 2.24) is 20.7 Å². The Bertz CT molecular complexity index is 835. The summed E-state index contributed by atoms with van der Waals surface area (Å²) in [5.41, 5.74) is 2.62. The van der Waals surface area contributed by atoms with Gasteiger partial charge in [0.2, 0.25) is 0 Å². The van der Waals surface area contributed by atoms with Crippen molar-refractivity contribution in [3.05, 3.63) is 41.2 Å². The number of carbonyl (C=O) groups excluding carboxylic acids is 2. The Labute approximate surface area is 164 Å². The summed E-state index contributed by atoms with van der Waals surface area (Å²) in [4.78, 5) is 27.4. The van der Waals surface area contributed by atoms with Crippen LogP contribution in [0.15, 0.2) is 24.3 Å². The molecule has 0 spiro atoms. The molecule has 2 aromatic rings. The highest BCUT2D eigenvalue weighted by molar-refractivity contribution is 6.06. The number of amides is 2. The fourth-order valence-electron chi connectivity index (χ4n) is 3.90. The number of aromatic amines is 1. The molecule has 28 heavy (non-hydrogen) atoms. The molecule has 1 heterocycles. The Morgan fingerprint density at radius 1 is 1.14 bits per heavy atom. The molecule has 0 atom stereocenters. The molecule has 1 aromatic heterocycles. The fraction of sp³-hybridized carbons (Fsp3) is 0.524. The molecule has 4 rings (SSSR count). The highest BCUT2D eigenvalue weighted by Gasteiger charge is 2.36. The number of hydrogen-bond donors (Lipinski definition) is 2. The lowest BCUT2D eigenvalue weighted by molar-refractivity contribution is 0.0937. The molecule has 2 amide bonds. The lowest BCUT2D eigenvalue weighted by Gasteiger charge is -2.22. The van der Waals surface area contributed by atoms with Gasteiger partial charge in [-0.1, -0.05) is 31.4 Å². The zero-order valence-corrected chi connectivity index (χ0v) is 16.3. The van der Waals surface area contributed by atoms with Crippen LogP contribution in [0.5, 0.6) is 0 Å². The van der Waals surface area contributed by atoms with Crippen molar-refractivity contribution in [2.45, 2.75) is 70.4 Å². The highest BCUT2D eigenvalue weighted by atomic mass is 16.2. The zero-order chi connectivity index (χ0) is 19.5. The third-order valence-electron chi connectivity index (χ3n) is 5.55. The van der Waals surface area contributed by atoms with E-state index in [1.54, 1.807) is 17.0 Å². The number of carbonyl (C=O) groups is 2. The van der Waals surface area contributed by atoms with Crippen molar-refractivity contribution in [3.63, 3.8) is 0 Å². The lowest BCUT2D eigenvalue weighted by atomic mass is 10.1. The molecule has 148 valence electrons. The lowest BCUT2D eigenvalue weighted by Crippen LogP contribution is -2.34. The van der Waals surface area contributed by atoms with Gasteiger partial charge in [0.1, 0.15) is 0 Å². The van der Waals surface area contributed by atoms with Crippen molar-refractivity contribution in [2.24, 2.45) is 0 Å². The molecular weight excluding hydrogens is 354 g/mol. The largest absolute Gasteiger partial charge is 0.349 e. The minimum Gasteiger partial charge on any atom is -0.349 e. The summed E-state index contributed by atoms with van der Waals surface area (Å²) in [6, 6.07) is 7.81. The first-order valence-electron chi connectivity index (χ1n) is 10.3. The summed E-state index contributed by atoms with van der Waals surface area (Å²) in [5, 5.41) is 13.8. The quantitative estimate of drug-likeness (QED) is 0.770. The molecule has 0 bridgehead atoms. The average Bonchev–Trinajstić information content (AvgIpc) is 3.19. The van der Waals surface area contributed by atoms with Crippen LogP contribution in [0.3, 0.4) is 0 Å². The molecule has 7 nitrogen and oxygen atoms in total. The SMILES string of the molecule is CCCc1[nH]nnc1C(=O)N(c1ccc(C(=O)NC2CCCC2)cc1)C1CC1. The molecule has 2 aliphatic carbocycles. The van der Waals surface area contributed by atoms with E-state index in [9.17, 15) is 9.59 Å². The van der Waals surface area contributed by atoms with Crippen LogP contribution >= 0.6 is 0 Å². The van der Waals surface area contributed by atoms with Crippen LogP contribution in [-0.4, -0.2) is 39.3 Å². The van der Waals surface area contributed by atoms with Crippen LogP contribution in [0.4, 0.5) is 5.69 Å². The smallest absolute Gasteiger partial charge is 0.280 e. The third-order valence-corrected chi connectivity index (χ3v) is 5.55. The number of nitrogens with zero attached hydrogens (tertiary/aromatic N) is 3. The van der Waals surface area contributed by atoms with E-state index in [0.717, 1.165) is 49.9 Å². The van der Waals surface area contributed by atoms with Crippen molar-refractivity contribution in [1.29, 1.82) is 0 Å². The number of aromatic nitrogens is 3. The van der Waals surface area contributed by atoms with Gasteiger partial charge in [-0.3, -0.25) is 14.7 Å². The summed E-state index contributed by atoms with van der Waals surface area (Å²) < 4.78 is 0. The molecule has 0 aliphatic heterocycles. The second-order valence-electron chi connectivity index (χ2n) is 7.80. The first kappa shape index (κ1) is 18.7. The van der Waals surface area contributed by atoms with Crippen molar-refractivity contribution < 1.29 is 9.59 Å². The summed E-state index contributed by atoms with van der Waals surface area (Å²) in [5.74, 6) is -0.160. The van der Waals surface area contributed by atoms with E-state index in [0.29, 0.717) is 17.3 Å². The van der Waals surface area contributed by atoms with Crippen LogP contribution in [0.25, 0.3) is 0 Å². The number of nitrogens with one attached hydrogen (secondary N) is 2. The predicted molar refractivity (Wildman–Crippen MR) is 106 cm³/mol. The minimum absolute atomic E-state index is 0.0375. The van der Waals surface area contributed by atoms with Gasteiger partial charge < -0.3 is 10.2 Å². The van der Waals surface area contributed by atoms with Crippen LogP contribution < -0.4 is 10.2 Å². The summed E-state index contributed by atoms with van der Waals surface area (Å²) in [6.07, 6.45) is 8.12. The van der Waals surface area contributed by atoms with Crippen LogP contribution in [0.2, 0.25) is 0 Å². The predicted octanol–water partition coefficient (Wildman–Crippen LogP) is 3.24. The van der Waals surface area contributed by atoms with Gasteiger partial charge in [0.05, 0.1) is 5.69 Å². The second-order valence-corrected chi connectivity index (χ2v) is 7.80. The van der Waals surface area contributed by atoms with Gasteiger partial charge in [-0.25, -0.2) is 0 Å². The Morgan fingerprint density at radius 2 is 1.86 bits per heavy atom. The molecule has 2 N–H and O–H groups in total. The van der Waals surface area contributed by atoms with Gasteiger partial charge in [-0.05, 0) is 56.4 Å². The molecule has 2 saturated carbocycles. The van der Waals surface area contributed by atoms with E-state index >= 15 is 0 Å². The second kappa shape index (κ2) is 8.12. The maximum absolute atomic E-state index is 13.2. The number of hydrogen-bond acceptors (Lipinski definition) is 4. The first-order chi connectivity index (χ1) is 13.7. The van der Waals surface area contributed by atoms with Crippen LogP contribution in [0.1, 0.15) is 78.4 Å². The van der Waals surface area contributed by atoms with Crippen molar-refractivity contribution >= 4 is 17.5 Å². The molecule has 0 radical (unpaired) electrons. The Hall–Kier alpha value is -2.70. The number of aryl methyl sites for hydroxylation is 1. The number of H-pyrrole nitrogens is 1. The zero-order valence-electron chi connectivity index (χ0n) is 16.3. The van der Waals surface area contributed by atoms with Gasteiger partial charge in [-0.15, -0.1) is 5.10 Å². The van der Waals surface area contributed by atoms with Crippen molar-refractivity contribution in [2.75, 3.05) is 4.90 Å². The monoisotopic (exact) mass is 381 g/mol. The summed E-state index contributed by atoms with van der Waals surface area (Å²) in [6.45, 7) is 2.06. The standard InChI is InChI=1S/C21H27N5O2/c1-2-5-18-19(24-25-23-18)21(28)26(17-12-13-17)16-10-8-14(9-11-16)20(27)22-15-6-3-4-7-15/h8-11,15,17H,2-7,12-13H2,1H3,(H,22,27)(H,23,24,25). The fourth-order valence-corrected chi connectivity index (χ4v) is 3.90. The minimum atomic E-state index is -0.122. The maximum atomic E-state index is 13.2. The number of rotatable bonds is 7. The van der Waals surface area contributed by atoms with E-state index in [1.165, 1.54) is 12.8 Å². The topological polar surface area (TPSA) is 91.0 Å². The Kier molecular flexibility index (Phi) is 5.41. The Balaban J connectivity index is 1.51. The van der Waals surface area contributed by atoms with Gasteiger partial charge in [0.25, 0.3) is 11.8 Å². The van der Waals surface area contributed by atoms with Crippen LogP contribution in [-0.2, 0) is 6.42 Å². The van der Waals surface area contributed by atoms with Gasteiger partial charge >= 0.3 is 0 Å². The molecule has 2 fully saturated rings. The van der Waals surface area contributed by atoms with E-state index in [4.69, 9.17) is 0 Å². The first-order valence-corrected chi connectivity index (χ1v) is 10.3. The molecule has 0 saturated heterocycles. The molecule has 1 aromatic carbocycles. The molecule has 2 aliphatic rings. The number of anilines is 1. The van der Waals surface area contributed by atoms with Gasteiger partial charge in [-0.2, -0.15) is 0 Å². The summed E-state index contributed by atoms with van der Waals surface area (Å²) >= 11 is 0. The van der Waals surface area contributed by atoms with E-state index in [-0.39, 0.29) is 17.9 Å². The normalized spacial score (nSPS) is 16.9. The van der Waals surface area contributed by atoms with Gasteiger partial charge in [0, 0.05) is 23.3 Å². The molecule has 0 unspecified atom stereocenters. The third kappa shape index (κ3) is 3.93. The van der Waals surface area contributed by atoms with E-state index in [1.807, 2.05) is 12.1 Å². The maximum Gasteiger partial charge on any atom is 0.280 e. The Morgan fingerprint density at radius 3 is 2.50 bits per heavy atom. The van der Waals surface area contributed by atoms with Crippen molar-refractivity contribution in [3.8, 4) is 0 Å². The van der Waals surface area contributed by atoms with Crippen LogP contribution in [0, 0.1) is 0 Å². The van der Waals surface area contributed by atoms with Gasteiger partial charge in [0.15, 0.2) is 5.69 Å². The molecular formula is C21H27N5O2. The average molecular weight is 381 g/mol. The molecule has 7 heteroatoms. The van der Waals surface area contributed by atoms with E-state index in [2.05, 4.69) is 27.7 Å². The summed E-state index contributed by atoms with van der Waals surface area (Å²) in [7, 11) is 0. The highest BCUT2D eigenvalue weighted by Crippen LogP contribution is 2.33. The van der Waals surface area contributed by atoms with E-state index < -0.39 is 0 Å². The number of benzene rings is 1.